The summed E-state index contributed by atoms with van der Waals surface area (Å²) in [4.78, 5) is 20.3. The van der Waals surface area contributed by atoms with Crippen molar-refractivity contribution in [3.05, 3.63) is 253 Å². The fraction of sp³-hybridized carbons (Fsp3) is 0.182. The molecule has 0 atom stereocenters. The Morgan fingerprint density at radius 1 is 0.500 bits per heavy atom. The third kappa shape index (κ3) is 12.1. The molecule has 0 unspecified atom stereocenters. The first-order valence-electron chi connectivity index (χ1n) is 29.0. The number of para-hydroxylation sites is 3. The first-order chi connectivity index (χ1) is 40.8. The minimum atomic E-state index is -0.104. The van der Waals surface area contributed by atoms with Crippen LogP contribution in [0.25, 0.3) is 78.2 Å². The number of benzene rings is 9. The number of nitrogens with zero attached hydrogens (tertiary/aromatic N) is 6. The number of anilines is 4. The number of fused-ring (bicyclic) bond motifs is 4. The molecule has 9 heteroatoms. The molecule has 0 spiro atoms. The van der Waals surface area contributed by atoms with Gasteiger partial charge in [0, 0.05) is 60.4 Å². The van der Waals surface area contributed by atoms with E-state index in [4.69, 9.17) is 19.7 Å². The van der Waals surface area contributed by atoms with Crippen LogP contribution in [0.4, 0.5) is 22.7 Å². The molecule has 0 aliphatic carbocycles. The Hall–Kier alpha value is -8.08. The van der Waals surface area contributed by atoms with E-state index in [9.17, 15) is 0 Å². The van der Waals surface area contributed by atoms with Crippen LogP contribution in [0.2, 0.25) is 0 Å². The molecule has 2 aromatic heterocycles. The third-order valence-corrected chi connectivity index (χ3v) is 16.4. The number of allylic oxidation sites excluding steroid dienone is 3. The first-order valence-corrected chi connectivity index (χ1v) is 30.7. The predicted molar refractivity (Wildman–Crippen MR) is 350 cm³/mol. The van der Waals surface area contributed by atoms with Crippen LogP contribution in [-0.2, 0) is 56.7 Å². The van der Waals surface area contributed by atoms with Gasteiger partial charge in [-0.1, -0.05) is 180 Å². The molecule has 11 aromatic rings. The molecule has 86 heavy (non-hydrogen) atoms. The van der Waals surface area contributed by atoms with Crippen molar-refractivity contribution in [2.75, 3.05) is 9.80 Å². The van der Waals surface area contributed by atoms with Crippen molar-refractivity contribution in [1.82, 2.24) is 19.5 Å². The average Bonchev–Trinajstić information content (AvgIpc) is 1.64. The Morgan fingerprint density at radius 3 is 1.56 bits per heavy atom. The van der Waals surface area contributed by atoms with E-state index in [1.54, 1.807) is 0 Å². The van der Waals surface area contributed by atoms with Crippen LogP contribution in [0.15, 0.2) is 200 Å². The summed E-state index contributed by atoms with van der Waals surface area (Å²) in [5, 5.41) is 2.02. The van der Waals surface area contributed by atoms with Gasteiger partial charge in [0.15, 0.2) is 11.6 Å². The number of hydrogen-bond acceptors (Lipinski definition) is 6. The van der Waals surface area contributed by atoms with Gasteiger partial charge in [0.1, 0.15) is 0 Å². The number of aryl methyl sites for hydroxylation is 2. The summed E-state index contributed by atoms with van der Waals surface area (Å²) in [5.74, 6) is 2.48. The molecule has 0 fully saturated rings. The molecule has 7 nitrogen and oxygen atoms in total. The molecular formula is C77H68N6OPtW-4. The van der Waals surface area contributed by atoms with Gasteiger partial charge >= 0.3 is 186 Å². The van der Waals surface area contributed by atoms with Crippen LogP contribution in [0, 0.1) is 38.8 Å². The molecule has 12 rings (SSSR count). The normalized spacial score (nSPS) is 12.8. The standard InChI is InChI=1S/C77H68N6O.Pt.W/c1-13-14-17-44-81-66-43-42-58(77(10,11)12)45-63(66)64-47-65(74-79-72(54-30-26-50(2)27-31-54)78-73(80-74)55-32-28-51(3)29-33-55)70(48-69(64)81)84-60-21-18-20-59(46-60)82-49-83(68-25-16-15-24-67(68)82)71-61(52-34-38-56(39-35-52)75(4,5)6)22-19-23-62(71)53-36-40-57(41-37-53)76(7,8)9;;/h1,13-43,45,47,49H,2-12H3;;/q-4;;/b14-13-;;. The smallest absolute Gasteiger partial charge is 0.493 e. The molecule has 0 saturated heterocycles. The van der Waals surface area contributed by atoms with E-state index in [0.717, 1.165) is 89.1 Å². The van der Waals surface area contributed by atoms with E-state index in [1.807, 2.05) is 30.4 Å². The molecule has 0 amide bonds. The number of hydrogen-bond donors (Lipinski definition) is 0. The van der Waals surface area contributed by atoms with Crippen molar-refractivity contribution in [2.45, 2.75) is 92.4 Å². The molecule has 3 heterocycles. The Labute approximate surface area is 532 Å². The predicted octanol–water partition coefficient (Wildman–Crippen LogP) is 19.7. The van der Waals surface area contributed by atoms with Crippen molar-refractivity contribution >= 4 is 49.0 Å². The zero-order valence-corrected chi connectivity index (χ0v) is 55.7. The molecule has 9 aromatic carbocycles. The van der Waals surface area contributed by atoms with Crippen molar-refractivity contribution in [3.8, 4) is 67.9 Å². The van der Waals surface area contributed by atoms with E-state index in [2.05, 4.69) is 290 Å². The SMILES string of the molecule is Cc1ccc(-c2nc(-c3ccc(C)cc3)nc(-c3cc4c5cc(C(C)(C)C)ccc5n([C-]=C/C=C\[CH]=[W])c4[c-]c3Oc3[c-]c(N4[CH-]N(c5c(-c6ccc(C(C)(C)C)cc6)cccc5-c5ccc(C(C)(C)C)cc5)c5ccccc54)ccc3)n2)cc1.[Pt]. The first kappa shape index (κ1) is 59.6. The van der Waals surface area contributed by atoms with Gasteiger partial charge in [0.05, 0.1) is 0 Å². The average molecular weight is 1470 g/mol. The van der Waals surface area contributed by atoms with Crippen molar-refractivity contribution in [2.24, 2.45) is 0 Å². The van der Waals surface area contributed by atoms with Gasteiger partial charge in [-0.3, -0.25) is 0 Å². The Kier molecular flexibility index (Phi) is 16.6. The second-order valence-electron chi connectivity index (χ2n) is 25.1. The van der Waals surface area contributed by atoms with Crippen molar-refractivity contribution < 1.29 is 45.2 Å². The Morgan fingerprint density at radius 2 is 1.01 bits per heavy atom. The number of rotatable bonds is 12. The monoisotopic (exact) mass is 1470 g/mol. The van der Waals surface area contributed by atoms with Crippen LogP contribution in [0.3, 0.4) is 0 Å². The van der Waals surface area contributed by atoms with Gasteiger partial charge in [-0.2, -0.15) is 6.07 Å². The van der Waals surface area contributed by atoms with Gasteiger partial charge in [-0.25, -0.2) is 4.98 Å². The molecule has 0 radical (unpaired) electrons. The van der Waals surface area contributed by atoms with Crippen LogP contribution < -0.4 is 14.5 Å². The molecule has 1 aliphatic rings. The van der Waals surface area contributed by atoms with Crippen LogP contribution in [0.5, 0.6) is 11.5 Å². The van der Waals surface area contributed by atoms with E-state index < -0.39 is 0 Å². The van der Waals surface area contributed by atoms with E-state index in [1.165, 1.54) is 36.0 Å². The summed E-state index contributed by atoms with van der Waals surface area (Å²) in [6.07, 6.45) is 9.58. The maximum atomic E-state index is 7.25. The summed E-state index contributed by atoms with van der Waals surface area (Å²) < 4.78 is 11.4. The second-order valence-corrected chi connectivity index (χ2v) is 26.1. The van der Waals surface area contributed by atoms with Gasteiger partial charge < -0.3 is 9.80 Å². The fourth-order valence-electron chi connectivity index (χ4n) is 11.0. The van der Waals surface area contributed by atoms with Crippen LogP contribution in [0.1, 0.15) is 90.1 Å². The quantitative estimate of drug-likeness (QED) is 0.0897. The van der Waals surface area contributed by atoms with Crippen molar-refractivity contribution in [3.63, 3.8) is 0 Å². The van der Waals surface area contributed by atoms with E-state index >= 15 is 0 Å². The van der Waals surface area contributed by atoms with Crippen molar-refractivity contribution in [1.29, 1.82) is 0 Å². The molecule has 0 saturated carbocycles. The molecular weight excluding hydrogens is 1400 g/mol. The fourth-order valence-corrected chi connectivity index (χ4v) is 11.3. The minimum absolute atomic E-state index is 0. The molecule has 432 valence electrons. The van der Waals surface area contributed by atoms with E-state index in [-0.39, 0.29) is 37.3 Å². The minimum Gasteiger partial charge on any atom is -0.493 e. The third-order valence-electron chi connectivity index (χ3n) is 15.9. The number of ether oxygens (including phenoxy) is 1. The van der Waals surface area contributed by atoms with Crippen LogP contribution in [-0.4, -0.2) is 23.9 Å². The zero-order chi connectivity index (χ0) is 59.4. The summed E-state index contributed by atoms with van der Waals surface area (Å²) >= 11 is 1.38. The summed E-state index contributed by atoms with van der Waals surface area (Å²) in [6, 6.07) is 72.5. The van der Waals surface area contributed by atoms with Gasteiger partial charge in [0.25, 0.3) is 0 Å². The topological polar surface area (TPSA) is 59.3 Å². The molecule has 0 N–H and O–H groups in total. The Balaban J connectivity index is 0.00000768. The molecule has 1 aliphatic heterocycles. The summed E-state index contributed by atoms with van der Waals surface area (Å²) in [6.45, 7) is 26.7. The van der Waals surface area contributed by atoms with Gasteiger partial charge in [-0.05, 0) is 59.1 Å². The summed E-state index contributed by atoms with van der Waals surface area (Å²) in [5.41, 5.74) is 18.7. The second kappa shape index (κ2) is 24.0. The van der Waals surface area contributed by atoms with E-state index in [0.29, 0.717) is 34.5 Å². The van der Waals surface area contributed by atoms with Gasteiger partial charge in [-0.15, -0.1) is 18.4 Å². The zero-order valence-electron chi connectivity index (χ0n) is 50.5. The van der Waals surface area contributed by atoms with Gasteiger partial charge in [0.2, 0.25) is 0 Å². The maximum absolute atomic E-state index is 7.25. The van der Waals surface area contributed by atoms with Crippen LogP contribution >= 0.6 is 0 Å². The summed E-state index contributed by atoms with van der Waals surface area (Å²) in [7, 11) is 0. The molecule has 0 bridgehead atoms. The Bertz CT molecular complexity index is 4250. The number of aromatic nitrogens is 4.